The van der Waals surface area contributed by atoms with E-state index in [0.717, 1.165) is 29.9 Å². The number of pyridine rings is 2. The average Bonchev–Trinajstić information content (AvgIpc) is 3.37. The number of carbonyl (C=O) groups is 1. The standard InChI is InChI=1S/C20H21N5O/c26-20(18-10-4-6-12-22-18)23-14-15-13-19(17-9-3-5-11-21-17)25(24-15)16-7-1-2-8-16/h3-6,9-13,16H,1-2,7-8,14H2,(H,23,26). The number of nitrogens with zero attached hydrogens (tertiary/aromatic N) is 4. The minimum absolute atomic E-state index is 0.194. The quantitative estimate of drug-likeness (QED) is 0.768. The number of hydrogen-bond donors (Lipinski definition) is 1. The van der Waals surface area contributed by atoms with Crippen LogP contribution in [0, 0.1) is 0 Å². The lowest BCUT2D eigenvalue weighted by Gasteiger charge is -2.13. The summed E-state index contributed by atoms with van der Waals surface area (Å²) < 4.78 is 2.09. The van der Waals surface area contributed by atoms with Crippen LogP contribution < -0.4 is 5.32 Å². The van der Waals surface area contributed by atoms with E-state index in [1.54, 1.807) is 30.6 Å². The molecule has 1 aliphatic carbocycles. The van der Waals surface area contributed by atoms with Gasteiger partial charge in [-0.1, -0.05) is 25.0 Å². The van der Waals surface area contributed by atoms with Crippen LogP contribution in [0.2, 0.25) is 0 Å². The van der Waals surface area contributed by atoms with Crippen LogP contribution in [0.25, 0.3) is 11.4 Å². The van der Waals surface area contributed by atoms with E-state index in [1.165, 1.54) is 12.8 Å². The van der Waals surface area contributed by atoms with Gasteiger partial charge in [0.1, 0.15) is 5.69 Å². The van der Waals surface area contributed by atoms with E-state index >= 15 is 0 Å². The zero-order valence-corrected chi connectivity index (χ0v) is 14.5. The van der Waals surface area contributed by atoms with Gasteiger partial charge in [-0.05, 0) is 43.2 Å². The van der Waals surface area contributed by atoms with Crippen molar-refractivity contribution in [1.82, 2.24) is 25.1 Å². The van der Waals surface area contributed by atoms with E-state index in [4.69, 9.17) is 5.10 Å². The topological polar surface area (TPSA) is 72.7 Å². The van der Waals surface area contributed by atoms with Gasteiger partial charge in [0.2, 0.25) is 0 Å². The molecule has 0 aromatic carbocycles. The monoisotopic (exact) mass is 347 g/mol. The van der Waals surface area contributed by atoms with E-state index in [1.807, 2.05) is 24.3 Å². The molecular weight excluding hydrogens is 326 g/mol. The molecule has 1 amide bonds. The number of aromatic nitrogens is 4. The third kappa shape index (κ3) is 3.49. The van der Waals surface area contributed by atoms with Gasteiger partial charge in [-0.2, -0.15) is 5.10 Å². The van der Waals surface area contributed by atoms with E-state index < -0.39 is 0 Å². The van der Waals surface area contributed by atoms with Crippen molar-refractivity contribution in [3.8, 4) is 11.4 Å². The molecule has 26 heavy (non-hydrogen) atoms. The molecule has 3 aromatic rings. The Hall–Kier alpha value is -3.02. The molecule has 0 radical (unpaired) electrons. The maximum absolute atomic E-state index is 12.2. The summed E-state index contributed by atoms with van der Waals surface area (Å²) in [6.45, 7) is 0.370. The van der Waals surface area contributed by atoms with Crippen LogP contribution in [0.5, 0.6) is 0 Å². The number of hydrogen-bond acceptors (Lipinski definition) is 4. The number of nitrogens with one attached hydrogen (secondary N) is 1. The van der Waals surface area contributed by atoms with Gasteiger partial charge >= 0.3 is 0 Å². The SMILES string of the molecule is O=C(NCc1cc(-c2ccccn2)n(C2CCCC2)n1)c1ccccn1. The molecule has 0 unspecified atom stereocenters. The fourth-order valence-corrected chi connectivity index (χ4v) is 3.42. The summed E-state index contributed by atoms with van der Waals surface area (Å²) in [4.78, 5) is 20.8. The third-order valence-corrected chi connectivity index (χ3v) is 4.71. The van der Waals surface area contributed by atoms with Crippen molar-refractivity contribution in [2.45, 2.75) is 38.3 Å². The minimum atomic E-state index is -0.194. The van der Waals surface area contributed by atoms with Crippen LogP contribution in [-0.2, 0) is 6.54 Å². The first-order chi connectivity index (χ1) is 12.8. The second-order valence-electron chi connectivity index (χ2n) is 6.52. The molecule has 0 aliphatic heterocycles. The van der Waals surface area contributed by atoms with Crippen molar-refractivity contribution >= 4 is 5.91 Å². The number of amides is 1. The molecule has 3 aromatic heterocycles. The van der Waals surface area contributed by atoms with Crippen molar-refractivity contribution in [2.24, 2.45) is 0 Å². The largest absolute Gasteiger partial charge is 0.345 e. The highest BCUT2D eigenvalue weighted by Gasteiger charge is 2.22. The molecule has 1 saturated carbocycles. The Bertz CT molecular complexity index is 870. The maximum Gasteiger partial charge on any atom is 0.270 e. The third-order valence-electron chi connectivity index (χ3n) is 4.71. The smallest absolute Gasteiger partial charge is 0.270 e. The number of rotatable bonds is 5. The molecule has 3 heterocycles. The Morgan fingerprint density at radius 3 is 2.54 bits per heavy atom. The zero-order chi connectivity index (χ0) is 17.8. The Morgan fingerprint density at radius 1 is 1.08 bits per heavy atom. The van der Waals surface area contributed by atoms with Gasteiger partial charge in [-0.3, -0.25) is 19.4 Å². The molecule has 4 rings (SSSR count). The second kappa shape index (κ2) is 7.47. The van der Waals surface area contributed by atoms with E-state index in [0.29, 0.717) is 18.3 Å². The Morgan fingerprint density at radius 2 is 1.85 bits per heavy atom. The summed E-state index contributed by atoms with van der Waals surface area (Å²) in [7, 11) is 0. The van der Waals surface area contributed by atoms with E-state index in [9.17, 15) is 4.79 Å². The van der Waals surface area contributed by atoms with Crippen molar-refractivity contribution in [3.63, 3.8) is 0 Å². The van der Waals surface area contributed by atoms with Crippen molar-refractivity contribution < 1.29 is 4.79 Å². The molecule has 1 fully saturated rings. The lowest BCUT2D eigenvalue weighted by molar-refractivity contribution is 0.0945. The lowest BCUT2D eigenvalue weighted by Crippen LogP contribution is -2.24. The Labute approximate surface area is 152 Å². The predicted molar refractivity (Wildman–Crippen MR) is 98.4 cm³/mol. The van der Waals surface area contributed by atoms with Gasteiger partial charge in [0.15, 0.2) is 0 Å². The summed E-state index contributed by atoms with van der Waals surface area (Å²) >= 11 is 0. The van der Waals surface area contributed by atoms with Gasteiger partial charge in [0.25, 0.3) is 5.91 Å². The summed E-state index contributed by atoms with van der Waals surface area (Å²) in [5.74, 6) is -0.194. The Kier molecular flexibility index (Phi) is 4.73. The molecule has 1 aliphatic rings. The van der Waals surface area contributed by atoms with E-state index in [2.05, 4.69) is 20.0 Å². The van der Waals surface area contributed by atoms with E-state index in [-0.39, 0.29) is 5.91 Å². The first-order valence-corrected chi connectivity index (χ1v) is 9.00. The second-order valence-corrected chi connectivity index (χ2v) is 6.52. The minimum Gasteiger partial charge on any atom is -0.345 e. The molecule has 0 spiro atoms. The first-order valence-electron chi connectivity index (χ1n) is 9.00. The average molecular weight is 347 g/mol. The van der Waals surface area contributed by atoms with Crippen molar-refractivity contribution in [1.29, 1.82) is 0 Å². The van der Waals surface area contributed by atoms with Crippen LogP contribution in [0.15, 0.2) is 54.9 Å². The normalized spacial score (nSPS) is 14.5. The van der Waals surface area contributed by atoms with Crippen LogP contribution in [0.4, 0.5) is 0 Å². The van der Waals surface area contributed by atoms with Gasteiger partial charge in [-0.25, -0.2) is 0 Å². The highest BCUT2D eigenvalue weighted by atomic mass is 16.1. The maximum atomic E-state index is 12.2. The highest BCUT2D eigenvalue weighted by Crippen LogP contribution is 2.33. The zero-order valence-electron chi connectivity index (χ0n) is 14.5. The van der Waals surface area contributed by atoms with Crippen molar-refractivity contribution in [3.05, 3.63) is 66.2 Å². The molecule has 0 bridgehead atoms. The fourth-order valence-electron chi connectivity index (χ4n) is 3.42. The van der Waals surface area contributed by atoms with Gasteiger partial charge in [0.05, 0.1) is 29.7 Å². The van der Waals surface area contributed by atoms with Crippen LogP contribution in [-0.4, -0.2) is 25.7 Å². The van der Waals surface area contributed by atoms with Gasteiger partial charge in [0, 0.05) is 12.4 Å². The Balaban J connectivity index is 1.56. The van der Waals surface area contributed by atoms with Crippen molar-refractivity contribution in [2.75, 3.05) is 0 Å². The highest BCUT2D eigenvalue weighted by molar-refractivity contribution is 5.92. The van der Waals surface area contributed by atoms with Gasteiger partial charge < -0.3 is 5.32 Å². The van der Waals surface area contributed by atoms with Gasteiger partial charge in [-0.15, -0.1) is 0 Å². The molecule has 0 atom stereocenters. The molecule has 132 valence electrons. The molecule has 1 N–H and O–H groups in total. The molecule has 6 nitrogen and oxygen atoms in total. The van der Waals surface area contributed by atoms with Crippen LogP contribution in [0.1, 0.15) is 47.9 Å². The van der Waals surface area contributed by atoms with Crippen LogP contribution in [0.3, 0.4) is 0 Å². The summed E-state index contributed by atoms with van der Waals surface area (Å²) in [6, 6.07) is 13.6. The fraction of sp³-hybridized carbons (Fsp3) is 0.300. The lowest BCUT2D eigenvalue weighted by atomic mass is 10.2. The molecular formula is C20H21N5O. The summed E-state index contributed by atoms with van der Waals surface area (Å²) in [5, 5.41) is 7.68. The molecule has 6 heteroatoms. The summed E-state index contributed by atoms with van der Waals surface area (Å²) in [5.41, 5.74) is 3.17. The first kappa shape index (κ1) is 16.4. The number of carbonyl (C=O) groups excluding carboxylic acids is 1. The predicted octanol–water partition coefficient (Wildman–Crippen LogP) is 3.39. The van der Waals surface area contributed by atoms with Crippen LogP contribution >= 0.6 is 0 Å². The molecule has 0 saturated heterocycles. The summed E-state index contributed by atoms with van der Waals surface area (Å²) in [6.07, 6.45) is 8.16.